The molecule has 7 nitrogen and oxygen atoms in total. The van der Waals surface area contributed by atoms with Gasteiger partial charge in [-0.2, -0.15) is 0 Å². The van der Waals surface area contributed by atoms with Gasteiger partial charge in [-0.1, -0.05) is 12.1 Å². The van der Waals surface area contributed by atoms with Crippen molar-refractivity contribution in [3.63, 3.8) is 0 Å². The van der Waals surface area contributed by atoms with Crippen molar-refractivity contribution in [3.8, 4) is 0 Å². The van der Waals surface area contributed by atoms with Crippen molar-refractivity contribution < 1.29 is 19.2 Å². The van der Waals surface area contributed by atoms with Gasteiger partial charge in [-0.05, 0) is 0 Å². The molecule has 0 radical (unpaired) electrons. The summed E-state index contributed by atoms with van der Waals surface area (Å²) in [4.78, 5) is 25.6. The molecule has 1 aliphatic rings. The summed E-state index contributed by atoms with van der Waals surface area (Å²) < 4.78 is 10.6. The van der Waals surface area contributed by atoms with Crippen molar-refractivity contribution in [3.05, 3.63) is 40.1 Å². The van der Waals surface area contributed by atoms with Gasteiger partial charge in [0.05, 0.1) is 24.7 Å². The Morgan fingerprint density at radius 2 is 2.25 bits per heavy atom. The smallest absolute Gasteiger partial charge is 0.293 e. The molecule has 20 heavy (non-hydrogen) atoms. The van der Waals surface area contributed by atoms with Crippen LogP contribution in [0.15, 0.2) is 24.4 Å². The maximum absolute atomic E-state index is 12.4. The standard InChI is InChI=1S/C13H12N2O5/c16-13(11-7-19-4-5-20-11)9-6-14-12-8(9)2-1-3-10(12)15(17)18/h1-3,6,11,14H,4-5,7H2. The van der Waals surface area contributed by atoms with Crippen LogP contribution in [0.5, 0.6) is 0 Å². The molecule has 2 aromatic rings. The van der Waals surface area contributed by atoms with E-state index in [9.17, 15) is 14.9 Å². The number of hydrogen-bond acceptors (Lipinski definition) is 5. The van der Waals surface area contributed by atoms with E-state index in [-0.39, 0.29) is 18.1 Å². The second-order valence-electron chi connectivity index (χ2n) is 4.46. The highest BCUT2D eigenvalue weighted by Gasteiger charge is 2.27. The number of para-hydroxylation sites is 1. The Labute approximate surface area is 113 Å². The molecule has 1 unspecified atom stereocenters. The second-order valence-corrected chi connectivity index (χ2v) is 4.46. The lowest BCUT2D eigenvalue weighted by Crippen LogP contribution is -2.35. The van der Waals surface area contributed by atoms with Crippen LogP contribution in [-0.2, 0) is 9.47 Å². The lowest BCUT2D eigenvalue weighted by atomic mass is 10.0. The molecule has 3 rings (SSSR count). The van der Waals surface area contributed by atoms with Crippen molar-refractivity contribution >= 4 is 22.4 Å². The Morgan fingerprint density at radius 1 is 1.40 bits per heavy atom. The first kappa shape index (κ1) is 12.8. The SMILES string of the molecule is O=C(c1c[nH]c2c([N+](=O)[O-])cccc12)C1COCCO1. The van der Waals surface area contributed by atoms with Crippen LogP contribution in [0.25, 0.3) is 10.9 Å². The lowest BCUT2D eigenvalue weighted by Gasteiger charge is -2.21. The highest BCUT2D eigenvalue weighted by molar-refractivity contribution is 6.11. The van der Waals surface area contributed by atoms with E-state index in [4.69, 9.17) is 9.47 Å². The molecule has 0 amide bonds. The van der Waals surface area contributed by atoms with E-state index in [1.807, 2.05) is 0 Å². The van der Waals surface area contributed by atoms with Crippen LogP contribution in [-0.4, -0.2) is 41.6 Å². The van der Waals surface area contributed by atoms with E-state index >= 15 is 0 Å². The molecular weight excluding hydrogens is 264 g/mol. The largest absolute Gasteiger partial charge is 0.376 e. The zero-order valence-electron chi connectivity index (χ0n) is 10.5. The molecular formula is C13H12N2O5. The van der Waals surface area contributed by atoms with Crippen molar-refractivity contribution in [2.45, 2.75) is 6.10 Å². The molecule has 1 aromatic heterocycles. The summed E-state index contributed by atoms with van der Waals surface area (Å²) in [7, 11) is 0. The molecule has 1 fully saturated rings. The minimum atomic E-state index is -0.651. The van der Waals surface area contributed by atoms with Crippen LogP contribution in [0.3, 0.4) is 0 Å². The molecule has 0 bridgehead atoms. The molecule has 2 heterocycles. The first-order valence-corrected chi connectivity index (χ1v) is 6.16. The first-order chi connectivity index (χ1) is 9.68. The number of rotatable bonds is 3. The zero-order valence-corrected chi connectivity index (χ0v) is 10.5. The molecule has 1 aliphatic heterocycles. The summed E-state index contributed by atoms with van der Waals surface area (Å²) >= 11 is 0. The van der Waals surface area contributed by atoms with Gasteiger partial charge < -0.3 is 14.5 Å². The molecule has 1 aromatic carbocycles. The summed E-state index contributed by atoms with van der Waals surface area (Å²) in [6, 6.07) is 4.63. The van der Waals surface area contributed by atoms with Crippen LogP contribution in [0.2, 0.25) is 0 Å². The maximum Gasteiger partial charge on any atom is 0.293 e. The minimum Gasteiger partial charge on any atom is -0.376 e. The van der Waals surface area contributed by atoms with Gasteiger partial charge >= 0.3 is 0 Å². The van der Waals surface area contributed by atoms with Crippen molar-refractivity contribution in [1.29, 1.82) is 0 Å². The molecule has 1 atom stereocenters. The van der Waals surface area contributed by atoms with Gasteiger partial charge in [-0.15, -0.1) is 0 Å². The van der Waals surface area contributed by atoms with Crippen LogP contribution >= 0.6 is 0 Å². The van der Waals surface area contributed by atoms with Gasteiger partial charge in [0.2, 0.25) is 0 Å². The Balaban J connectivity index is 2.02. The van der Waals surface area contributed by atoms with Gasteiger partial charge in [0.25, 0.3) is 5.69 Å². The summed E-state index contributed by atoms with van der Waals surface area (Å²) in [5.74, 6) is -0.226. The third-order valence-electron chi connectivity index (χ3n) is 3.26. The Hall–Kier alpha value is -2.25. The molecule has 0 aliphatic carbocycles. The number of Topliss-reactive ketones (excluding diaryl/α,β-unsaturated/α-hetero) is 1. The number of nitro benzene ring substituents is 1. The quantitative estimate of drug-likeness (QED) is 0.522. The third-order valence-corrected chi connectivity index (χ3v) is 3.26. The Kier molecular flexibility index (Phi) is 3.21. The predicted molar refractivity (Wildman–Crippen MR) is 69.8 cm³/mol. The van der Waals surface area contributed by atoms with E-state index in [0.717, 1.165) is 0 Å². The highest BCUT2D eigenvalue weighted by Crippen LogP contribution is 2.28. The van der Waals surface area contributed by atoms with E-state index in [1.165, 1.54) is 12.3 Å². The number of benzene rings is 1. The van der Waals surface area contributed by atoms with E-state index in [2.05, 4.69) is 4.98 Å². The number of aromatic amines is 1. The van der Waals surface area contributed by atoms with Gasteiger partial charge in [-0.25, -0.2) is 0 Å². The van der Waals surface area contributed by atoms with Crippen LogP contribution in [0.1, 0.15) is 10.4 Å². The summed E-state index contributed by atoms with van der Waals surface area (Å²) in [6.45, 7) is 1.06. The fourth-order valence-corrected chi connectivity index (χ4v) is 2.31. The fourth-order valence-electron chi connectivity index (χ4n) is 2.31. The molecule has 1 saturated heterocycles. The Morgan fingerprint density at radius 3 is 2.95 bits per heavy atom. The van der Waals surface area contributed by atoms with E-state index in [0.29, 0.717) is 29.7 Å². The van der Waals surface area contributed by atoms with Crippen molar-refractivity contribution in [2.75, 3.05) is 19.8 Å². The second kappa shape index (κ2) is 5.03. The van der Waals surface area contributed by atoms with Crippen LogP contribution in [0.4, 0.5) is 5.69 Å². The zero-order chi connectivity index (χ0) is 14.1. The number of aromatic nitrogens is 1. The third kappa shape index (κ3) is 2.06. The summed E-state index contributed by atoms with van der Waals surface area (Å²) in [5, 5.41) is 11.5. The minimum absolute atomic E-state index is 0.0534. The number of ether oxygens (including phenoxy) is 2. The number of nitro groups is 1. The Bertz CT molecular complexity index is 672. The number of H-pyrrole nitrogens is 1. The molecule has 0 spiro atoms. The van der Waals surface area contributed by atoms with E-state index < -0.39 is 11.0 Å². The van der Waals surface area contributed by atoms with Crippen LogP contribution in [0, 0.1) is 10.1 Å². The monoisotopic (exact) mass is 276 g/mol. The molecule has 7 heteroatoms. The lowest BCUT2D eigenvalue weighted by molar-refractivity contribution is -0.383. The van der Waals surface area contributed by atoms with E-state index in [1.54, 1.807) is 12.1 Å². The number of carbonyl (C=O) groups excluding carboxylic acids is 1. The fraction of sp³-hybridized carbons (Fsp3) is 0.308. The van der Waals surface area contributed by atoms with Gasteiger partial charge in [0.1, 0.15) is 11.6 Å². The summed E-state index contributed by atoms with van der Waals surface area (Å²) in [5.41, 5.74) is 0.680. The average molecular weight is 276 g/mol. The first-order valence-electron chi connectivity index (χ1n) is 6.16. The summed E-state index contributed by atoms with van der Waals surface area (Å²) in [6.07, 6.45) is 0.833. The van der Waals surface area contributed by atoms with Crippen molar-refractivity contribution in [1.82, 2.24) is 4.98 Å². The molecule has 104 valence electrons. The number of carbonyl (C=O) groups is 1. The number of non-ortho nitro benzene ring substituents is 1. The highest BCUT2D eigenvalue weighted by atomic mass is 16.6. The number of fused-ring (bicyclic) bond motifs is 1. The van der Waals surface area contributed by atoms with Crippen molar-refractivity contribution in [2.24, 2.45) is 0 Å². The van der Waals surface area contributed by atoms with Gasteiger partial charge in [-0.3, -0.25) is 14.9 Å². The molecule has 1 N–H and O–H groups in total. The number of nitrogens with zero attached hydrogens (tertiary/aromatic N) is 1. The van der Waals surface area contributed by atoms with Gasteiger partial charge in [0, 0.05) is 23.2 Å². The maximum atomic E-state index is 12.4. The van der Waals surface area contributed by atoms with Gasteiger partial charge in [0.15, 0.2) is 5.78 Å². The predicted octanol–water partition coefficient (Wildman–Crippen LogP) is 1.67. The number of ketones is 1. The normalized spacial score (nSPS) is 19.1. The average Bonchev–Trinajstić information content (AvgIpc) is 2.91. The molecule has 0 saturated carbocycles. The topological polar surface area (TPSA) is 94.5 Å². The van der Waals surface area contributed by atoms with Crippen LogP contribution < -0.4 is 0 Å². The number of hydrogen-bond donors (Lipinski definition) is 1. The number of nitrogens with one attached hydrogen (secondary N) is 1.